The van der Waals surface area contributed by atoms with Crippen molar-refractivity contribution in [1.82, 2.24) is 9.62 Å². The summed E-state index contributed by atoms with van der Waals surface area (Å²) in [5.74, 6) is 0.486. The van der Waals surface area contributed by atoms with Gasteiger partial charge in [-0.05, 0) is 55.3 Å². The fourth-order valence-electron chi connectivity index (χ4n) is 2.39. The van der Waals surface area contributed by atoms with E-state index in [9.17, 15) is 13.2 Å². The van der Waals surface area contributed by atoms with Crippen LogP contribution in [0.4, 0.5) is 0 Å². The van der Waals surface area contributed by atoms with Gasteiger partial charge in [-0.1, -0.05) is 24.3 Å². The first-order valence-electron chi connectivity index (χ1n) is 8.91. The average Bonchev–Trinajstić information content (AvgIpc) is 2.70. The molecule has 0 radical (unpaired) electrons. The summed E-state index contributed by atoms with van der Waals surface area (Å²) in [6.45, 7) is 3.95. The van der Waals surface area contributed by atoms with Crippen molar-refractivity contribution < 1.29 is 17.9 Å². The molecule has 0 saturated carbocycles. The summed E-state index contributed by atoms with van der Waals surface area (Å²) in [6.07, 6.45) is 3.15. The van der Waals surface area contributed by atoms with Gasteiger partial charge in [-0.3, -0.25) is 4.79 Å². The molecule has 0 aliphatic carbocycles. The van der Waals surface area contributed by atoms with Crippen molar-refractivity contribution in [3.63, 3.8) is 0 Å². The van der Waals surface area contributed by atoms with Crippen molar-refractivity contribution >= 4 is 22.0 Å². The first kappa shape index (κ1) is 21.7. The Morgan fingerprint density at radius 1 is 1.18 bits per heavy atom. The summed E-state index contributed by atoms with van der Waals surface area (Å²) in [5.41, 5.74) is 1.67. The van der Waals surface area contributed by atoms with Crippen molar-refractivity contribution in [2.24, 2.45) is 0 Å². The third kappa shape index (κ3) is 5.68. The van der Waals surface area contributed by atoms with E-state index >= 15 is 0 Å². The number of carbonyl (C=O) groups is 1. The Morgan fingerprint density at radius 2 is 1.86 bits per heavy atom. The van der Waals surface area contributed by atoms with E-state index in [4.69, 9.17) is 4.74 Å². The van der Waals surface area contributed by atoms with Crippen LogP contribution >= 0.6 is 0 Å². The van der Waals surface area contributed by atoms with Crippen LogP contribution in [0.1, 0.15) is 25.0 Å². The highest BCUT2D eigenvalue weighted by Crippen LogP contribution is 2.17. The molecule has 0 aliphatic heterocycles. The molecule has 150 valence electrons. The van der Waals surface area contributed by atoms with Crippen LogP contribution in [-0.4, -0.2) is 38.8 Å². The van der Waals surface area contributed by atoms with Crippen LogP contribution in [0.15, 0.2) is 59.5 Å². The van der Waals surface area contributed by atoms with E-state index in [2.05, 4.69) is 5.32 Å². The zero-order valence-corrected chi connectivity index (χ0v) is 17.4. The van der Waals surface area contributed by atoms with Crippen LogP contribution in [0.2, 0.25) is 0 Å². The van der Waals surface area contributed by atoms with E-state index in [1.807, 2.05) is 38.1 Å². The third-order valence-electron chi connectivity index (χ3n) is 4.32. The number of amides is 1. The highest BCUT2D eigenvalue weighted by atomic mass is 32.2. The maximum atomic E-state index is 12.5. The normalized spacial score (nSPS) is 11.9. The van der Waals surface area contributed by atoms with Gasteiger partial charge in [0.25, 0.3) is 0 Å². The van der Waals surface area contributed by atoms with E-state index in [-0.39, 0.29) is 16.8 Å². The summed E-state index contributed by atoms with van der Waals surface area (Å²) < 4.78 is 31.4. The van der Waals surface area contributed by atoms with Crippen LogP contribution < -0.4 is 10.1 Å². The van der Waals surface area contributed by atoms with E-state index in [0.717, 1.165) is 16.9 Å². The summed E-state index contributed by atoms with van der Waals surface area (Å²) in [7, 11) is -0.358. The lowest BCUT2D eigenvalue weighted by atomic mass is 10.2. The molecule has 2 rings (SSSR count). The van der Waals surface area contributed by atoms with Crippen LogP contribution in [-0.2, 0) is 21.4 Å². The topological polar surface area (TPSA) is 75.7 Å². The number of nitrogens with zero attached hydrogens (tertiary/aromatic N) is 1. The van der Waals surface area contributed by atoms with Crippen LogP contribution in [0.3, 0.4) is 0 Å². The highest BCUT2D eigenvalue weighted by molar-refractivity contribution is 7.89. The predicted octanol–water partition coefficient (Wildman–Crippen LogP) is 3.05. The molecule has 2 aromatic carbocycles. The molecule has 0 bridgehead atoms. The molecule has 0 unspecified atom stereocenters. The van der Waals surface area contributed by atoms with Gasteiger partial charge in [-0.2, -0.15) is 4.31 Å². The molecule has 28 heavy (non-hydrogen) atoms. The Labute approximate surface area is 166 Å². The molecule has 0 saturated heterocycles. The molecule has 0 aromatic heterocycles. The van der Waals surface area contributed by atoms with Gasteiger partial charge in [0.2, 0.25) is 15.9 Å². The van der Waals surface area contributed by atoms with Crippen molar-refractivity contribution in [3.05, 3.63) is 65.7 Å². The first-order chi connectivity index (χ1) is 13.2. The van der Waals surface area contributed by atoms with Crippen molar-refractivity contribution in [2.45, 2.75) is 31.3 Å². The molecule has 0 fully saturated rings. The van der Waals surface area contributed by atoms with Gasteiger partial charge in [0.1, 0.15) is 5.75 Å². The minimum absolute atomic E-state index is 0.125. The van der Waals surface area contributed by atoms with Gasteiger partial charge < -0.3 is 10.1 Å². The quantitative estimate of drug-likeness (QED) is 0.689. The number of hydrogen-bond acceptors (Lipinski definition) is 4. The number of hydrogen-bond donors (Lipinski definition) is 1. The second-order valence-electron chi connectivity index (χ2n) is 6.59. The Bertz CT molecular complexity index is 935. The number of ether oxygens (including phenoxy) is 1. The molecule has 7 heteroatoms. The average molecular weight is 403 g/mol. The molecule has 6 nitrogen and oxygen atoms in total. The molecule has 0 atom stereocenters. The Balaban J connectivity index is 1.95. The zero-order chi connectivity index (χ0) is 20.7. The van der Waals surface area contributed by atoms with Crippen molar-refractivity contribution in [2.75, 3.05) is 14.2 Å². The van der Waals surface area contributed by atoms with Gasteiger partial charge >= 0.3 is 0 Å². The SMILES string of the molecule is COc1cccc(/C=C/C(=O)NCc2ccc(S(=O)(=O)N(C)C(C)C)cc2)c1. The Hall–Kier alpha value is -2.64. The van der Waals surface area contributed by atoms with Crippen molar-refractivity contribution in [1.29, 1.82) is 0 Å². The number of carbonyl (C=O) groups excluding carboxylic acids is 1. The summed E-state index contributed by atoms with van der Waals surface area (Å²) in [4.78, 5) is 12.2. The van der Waals surface area contributed by atoms with Gasteiger partial charge in [-0.15, -0.1) is 0 Å². The Morgan fingerprint density at radius 3 is 2.46 bits per heavy atom. The van der Waals surface area contributed by atoms with Crippen LogP contribution in [0, 0.1) is 0 Å². The number of rotatable bonds is 8. The van der Waals surface area contributed by atoms with Gasteiger partial charge in [0.15, 0.2) is 0 Å². The van der Waals surface area contributed by atoms with Crippen LogP contribution in [0.25, 0.3) is 6.08 Å². The lowest BCUT2D eigenvalue weighted by molar-refractivity contribution is -0.116. The highest BCUT2D eigenvalue weighted by Gasteiger charge is 2.22. The van der Waals surface area contributed by atoms with Crippen LogP contribution in [0.5, 0.6) is 5.75 Å². The summed E-state index contributed by atoms with van der Waals surface area (Å²) in [6, 6.07) is 13.8. The van der Waals surface area contributed by atoms with Gasteiger partial charge in [0, 0.05) is 25.7 Å². The smallest absolute Gasteiger partial charge is 0.244 e. The maximum Gasteiger partial charge on any atom is 0.244 e. The molecule has 0 aliphatic rings. The zero-order valence-electron chi connectivity index (χ0n) is 16.5. The lowest BCUT2D eigenvalue weighted by Gasteiger charge is -2.21. The standard InChI is InChI=1S/C21H26N2O4S/c1-16(2)23(3)28(25,26)20-11-8-18(9-12-20)15-22-21(24)13-10-17-6-5-7-19(14-17)27-4/h5-14,16H,15H2,1-4H3,(H,22,24)/b13-10+. The second-order valence-corrected chi connectivity index (χ2v) is 8.58. The molecule has 2 aromatic rings. The fraction of sp³-hybridized carbons (Fsp3) is 0.286. The monoisotopic (exact) mass is 402 g/mol. The third-order valence-corrected chi connectivity index (χ3v) is 6.36. The van der Waals surface area contributed by atoms with E-state index in [0.29, 0.717) is 6.54 Å². The van der Waals surface area contributed by atoms with Crippen molar-refractivity contribution in [3.8, 4) is 5.75 Å². The van der Waals surface area contributed by atoms with E-state index in [1.54, 1.807) is 44.5 Å². The van der Waals surface area contributed by atoms with E-state index < -0.39 is 10.0 Å². The maximum absolute atomic E-state index is 12.5. The number of benzene rings is 2. The largest absolute Gasteiger partial charge is 0.497 e. The molecular formula is C21H26N2O4S. The number of methoxy groups -OCH3 is 1. The molecule has 0 spiro atoms. The second kappa shape index (κ2) is 9.52. The minimum Gasteiger partial charge on any atom is -0.497 e. The lowest BCUT2D eigenvalue weighted by Crippen LogP contribution is -2.33. The van der Waals surface area contributed by atoms with E-state index in [1.165, 1.54) is 10.4 Å². The summed E-state index contributed by atoms with van der Waals surface area (Å²) in [5, 5.41) is 2.78. The summed E-state index contributed by atoms with van der Waals surface area (Å²) >= 11 is 0. The molecule has 1 N–H and O–H groups in total. The first-order valence-corrected chi connectivity index (χ1v) is 10.3. The number of nitrogens with one attached hydrogen (secondary N) is 1. The minimum atomic E-state index is -3.51. The molecule has 0 heterocycles. The fourth-order valence-corrected chi connectivity index (χ4v) is 3.76. The van der Waals surface area contributed by atoms with Gasteiger partial charge in [0.05, 0.1) is 12.0 Å². The Kier molecular flexibility index (Phi) is 7.37. The number of sulfonamides is 1. The molecule has 1 amide bonds. The predicted molar refractivity (Wildman–Crippen MR) is 110 cm³/mol. The van der Waals surface area contributed by atoms with Gasteiger partial charge in [-0.25, -0.2) is 8.42 Å². The molecular weight excluding hydrogens is 376 g/mol.